The molecule has 1 rings (SSSR count). The van der Waals surface area contributed by atoms with Crippen LogP contribution in [0.25, 0.3) is 0 Å². The van der Waals surface area contributed by atoms with Crippen LogP contribution in [0, 0.1) is 5.82 Å². The monoisotopic (exact) mass is 288 g/mol. The van der Waals surface area contributed by atoms with Gasteiger partial charge in [0, 0.05) is 17.6 Å². The minimum absolute atomic E-state index is 0.153. The van der Waals surface area contributed by atoms with Gasteiger partial charge in [-0.25, -0.2) is 9.18 Å². The van der Waals surface area contributed by atoms with E-state index in [2.05, 4.69) is 5.32 Å². The first kappa shape index (κ1) is 15.7. The zero-order chi connectivity index (χ0) is 14.6. The molecule has 0 heterocycles. The molecule has 0 aliphatic rings. The molecule has 0 saturated carbocycles. The summed E-state index contributed by atoms with van der Waals surface area (Å²) in [5.41, 5.74) is 5.88. The Hall–Kier alpha value is -1.33. The molecule has 0 aliphatic carbocycles. The Morgan fingerprint density at radius 3 is 2.68 bits per heavy atom. The molecule has 1 unspecified atom stereocenters. The van der Waals surface area contributed by atoms with Crippen LogP contribution >= 0.6 is 11.6 Å². The Morgan fingerprint density at radius 1 is 1.53 bits per heavy atom. The van der Waals surface area contributed by atoms with Crippen LogP contribution in [-0.2, 0) is 4.74 Å². The van der Waals surface area contributed by atoms with Crippen molar-refractivity contribution in [2.45, 2.75) is 32.4 Å². The van der Waals surface area contributed by atoms with Crippen molar-refractivity contribution >= 4 is 17.7 Å². The summed E-state index contributed by atoms with van der Waals surface area (Å²) in [5, 5.41) is 2.78. The molecular weight excluding hydrogens is 271 g/mol. The summed E-state index contributed by atoms with van der Waals surface area (Å²) in [4.78, 5) is 11.5. The lowest BCUT2D eigenvalue weighted by atomic mass is 10.1. The van der Waals surface area contributed by atoms with Crippen LogP contribution < -0.4 is 11.1 Å². The first-order valence-corrected chi connectivity index (χ1v) is 6.24. The highest BCUT2D eigenvalue weighted by atomic mass is 35.5. The third kappa shape index (κ3) is 5.44. The number of alkyl carbamates (subject to hydrolysis) is 1. The normalized spacial score (nSPS) is 12.9. The van der Waals surface area contributed by atoms with Crippen LogP contribution in [0.5, 0.6) is 0 Å². The molecule has 0 spiro atoms. The van der Waals surface area contributed by atoms with Crippen molar-refractivity contribution in [3.8, 4) is 0 Å². The lowest BCUT2D eigenvalue weighted by Crippen LogP contribution is -2.36. The van der Waals surface area contributed by atoms with Gasteiger partial charge in [0.1, 0.15) is 11.4 Å². The first-order valence-electron chi connectivity index (χ1n) is 5.86. The summed E-state index contributed by atoms with van der Waals surface area (Å²) in [6.07, 6.45) is -0.554. The van der Waals surface area contributed by atoms with E-state index in [4.69, 9.17) is 22.1 Å². The number of nitrogens with two attached hydrogens (primary N) is 1. The second kappa shape index (κ2) is 6.21. The van der Waals surface area contributed by atoms with Gasteiger partial charge in [-0.3, -0.25) is 0 Å². The average Bonchev–Trinajstić information content (AvgIpc) is 2.23. The van der Waals surface area contributed by atoms with E-state index in [0.29, 0.717) is 5.56 Å². The van der Waals surface area contributed by atoms with Crippen molar-refractivity contribution in [1.29, 1.82) is 0 Å². The number of benzene rings is 1. The molecule has 0 bridgehead atoms. The highest BCUT2D eigenvalue weighted by Crippen LogP contribution is 2.22. The van der Waals surface area contributed by atoms with Crippen LogP contribution in [0.15, 0.2) is 18.2 Å². The van der Waals surface area contributed by atoms with E-state index in [1.807, 2.05) is 0 Å². The fourth-order valence-corrected chi connectivity index (χ4v) is 1.73. The standard InChI is InChI=1S/C13H18ClFN2O2/c1-13(2,3)19-12(18)17-7-11(16)9-5-4-8(15)6-10(9)14/h4-6,11H,7,16H2,1-3H3,(H,17,18). The molecule has 1 atom stereocenters. The van der Waals surface area contributed by atoms with Crippen LogP contribution in [0.1, 0.15) is 32.4 Å². The number of carbonyl (C=O) groups is 1. The van der Waals surface area contributed by atoms with Gasteiger partial charge < -0.3 is 15.8 Å². The summed E-state index contributed by atoms with van der Waals surface area (Å²) in [6.45, 7) is 5.45. The van der Waals surface area contributed by atoms with Crippen LogP contribution in [0.2, 0.25) is 5.02 Å². The van der Waals surface area contributed by atoms with Crippen LogP contribution in [0.3, 0.4) is 0 Å². The molecule has 0 radical (unpaired) electrons. The summed E-state index contributed by atoms with van der Waals surface area (Å²) >= 11 is 5.88. The van der Waals surface area contributed by atoms with E-state index < -0.39 is 23.6 Å². The third-order valence-electron chi connectivity index (χ3n) is 2.23. The molecule has 0 aliphatic heterocycles. The number of hydrogen-bond acceptors (Lipinski definition) is 3. The molecule has 1 amide bonds. The Morgan fingerprint density at radius 2 is 2.16 bits per heavy atom. The zero-order valence-electron chi connectivity index (χ0n) is 11.2. The van der Waals surface area contributed by atoms with E-state index in [-0.39, 0.29) is 11.6 Å². The van der Waals surface area contributed by atoms with Crippen LogP contribution in [0.4, 0.5) is 9.18 Å². The maximum Gasteiger partial charge on any atom is 0.407 e. The smallest absolute Gasteiger partial charge is 0.407 e. The molecule has 0 saturated heterocycles. The predicted octanol–water partition coefficient (Wildman–Crippen LogP) is 3.00. The van der Waals surface area contributed by atoms with Crippen molar-refractivity contribution in [3.05, 3.63) is 34.6 Å². The third-order valence-corrected chi connectivity index (χ3v) is 2.55. The minimum Gasteiger partial charge on any atom is -0.444 e. The number of halogens is 2. The fraction of sp³-hybridized carbons (Fsp3) is 0.462. The number of rotatable bonds is 3. The highest BCUT2D eigenvalue weighted by Gasteiger charge is 2.17. The summed E-state index contributed by atoms with van der Waals surface area (Å²) in [7, 11) is 0. The summed E-state index contributed by atoms with van der Waals surface area (Å²) in [6, 6.07) is 3.43. The van der Waals surface area contributed by atoms with Crippen molar-refractivity contribution in [3.63, 3.8) is 0 Å². The molecule has 1 aromatic rings. The van der Waals surface area contributed by atoms with Gasteiger partial charge in [0.25, 0.3) is 0 Å². The highest BCUT2D eigenvalue weighted by molar-refractivity contribution is 6.31. The van der Waals surface area contributed by atoms with Gasteiger partial charge in [-0.1, -0.05) is 17.7 Å². The molecule has 1 aromatic carbocycles. The first-order chi connectivity index (χ1) is 8.69. The van der Waals surface area contributed by atoms with Gasteiger partial charge in [-0.15, -0.1) is 0 Å². The predicted molar refractivity (Wildman–Crippen MR) is 72.6 cm³/mol. The Balaban J connectivity index is 2.56. The second-order valence-corrected chi connectivity index (χ2v) is 5.56. The molecule has 19 heavy (non-hydrogen) atoms. The number of ether oxygens (including phenoxy) is 1. The van der Waals surface area contributed by atoms with E-state index in [1.165, 1.54) is 18.2 Å². The van der Waals surface area contributed by atoms with E-state index in [1.54, 1.807) is 20.8 Å². The van der Waals surface area contributed by atoms with Gasteiger partial charge >= 0.3 is 6.09 Å². The minimum atomic E-state index is -0.568. The van der Waals surface area contributed by atoms with Gasteiger partial charge in [0.05, 0.1) is 0 Å². The zero-order valence-corrected chi connectivity index (χ0v) is 11.9. The van der Waals surface area contributed by atoms with Gasteiger partial charge in [-0.05, 0) is 38.5 Å². The molecule has 3 N–H and O–H groups in total. The molecule has 0 fully saturated rings. The van der Waals surface area contributed by atoms with Gasteiger partial charge in [0.15, 0.2) is 0 Å². The molecular formula is C13H18ClFN2O2. The van der Waals surface area contributed by atoms with Crippen molar-refractivity contribution < 1.29 is 13.9 Å². The SMILES string of the molecule is CC(C)(C)OC(=O)NCC(N)c1ccc(F)cc1Cl. The molecule has 6 heteroatoms. The molecule has 106 valence electrons. The Labute approximate surface area is 117 Å². The van der Waals surface area contributed by atoms with Crippen molar-refractivity contribution in [1.82, 2.24) is 5.32 Å². The van der Waals surface area contributed by atoms with E-state index in [9.17, 15) is 9.18 Å². The fourth-order valence-electron chi connectivity index (χ4n) is 1.42. The quantitative estimate of drug-likeness (QED) is 0.898. The van der Waals surface area contributed by atoms with Crippen molar-refractivity contribution in [2.24, 2.45) is 5.73 Å². The maximum atomic E-state index is 12.9. The van der Waals surface area contributed by atoms with E-state index in [0.717, 1.165) is 0 Å². The van der Waals surface area contributed by atoms with E-state index >= 15 is 0 Å². The van der Waals surface area contributed by atoms with Crippen molar-refractivity contribution in [2.75, 3.05) is 6.54 Å². The molecule has 0 aromatic heterocycles. The number of hydrogen-bond donors (Lipinski definition) is 2. The number of amides is 1. The lowest BCUT2D eigenvalue weighted by Gasteiger charge is -2.21. The average molecular weight is 289 g/mol. The summed E-state index contributed by atoms with van der Waals surface area (Å²) in [5.74, 6) is -0.430. The largest absolute Gasteiger partial charge is 0.444 e. The van der Waals surface area contributed by atoms with Crippen LogP contribution in [-0.4, -0.2) is 18.2 Å². The topological polar surface area (TPSA) is 64.3 Å². The lowest BCUT2D eigenvalue weighted by molar-refractivity contribution is 0.0524. The van der Waals surface area contributed by atoms with Gasteiger partial charge in [0.2, 0.25) is 0 Å². The number of carbonyl (C=O) groups excluding carboxylic acids is 1. The number of nitrogens with one attached hydrogen (secondary N) is 1. The maximum absolute atomic E-state index is 12.9. The van der Waals surface area contributed by atoms with Gasteiger partial charge in [-0.2, -0.15) is 0 Å². The molecule has 4 nitrogen and oxygen atoms in total. The Kier molecular flexibility index (Phi) is 5.14. The second-order valence-electron chi connectivity index (χ2n) is 5.16. The Bertz CT molecular complexity index is 460. The summed E-state index contributed by atoms with van der Waals surface area (Å²) < 4.78 is 18.0.